The summed E-state index contributed by atoms with van der Waals surface area (Å²) in [5.41, 5.74) is 0. The Hall–Kier alpha value is -1.05. The second-order valence-corrected chi connectivity index (χ2v) is 5.36. The molecule has 1 atom stereocenters. The predicted octanol–water partition coefficient (Wildman–Crippen LogP) is 4.37. The number of rotatable bonds is 15. The first kappa shape index (κ1) is 20.9. The van der Waals surface area contributed by atoms with Crippen molar-refractivity contribution in [3.63, 3.8) is 0 Å². The van der Waals surface area contributed by atoms with Crippen LogP contribution >= 0.6 is 0 Å². The molecule has 0 amide bonds. The largest absolute Gasteiger partial charge is 0.477 e. The van der Waals surface area contributed by atoms with E-state index in [2.05, 4.69) is 11.8 Å². The molecule has 0 radical (unpaired) electrons. The molecule has 0 aromatic rings. The molecule has 1 N–H and O–H groups in total. The normalized spacial score (nSPS) is 11.7. The zero-order valence-corrected chi connectivity index (χ0v) is 14.2. The molecule has 0 aliphatic heterocycles. The van der Waals surface area contributed by atoms with E-state index in [9.17, 15) is 4.79 Å². The molecule has 0 bridgehead atoms. The Bertz CT molecular complexity index is 317. The number of aliphatic carboxylic acids is 1. The number of carboxylic acid groups (broad SMARTS) is 1. The molecule has 0 aromatic carbocycles. The highest BCUT2D eigenvalue weighted by atomic mass is 16.7. The van der Waals surface area contributed by atoms with Gasteiger partial charge in [-0.1, -0.05) is 44.9 Å². The number of hydrogen-bond acceptors (Lipinski definition) is 3. The Morgan fingerprint density at radius 2 is 1.50 bits per heavy atom. The Morgan fingerprint density at radius 3 is 2.00 bits per heavy atom. The van der Waals surface area contributed by atoms with Crippen molar-refractivity contribution >= 4 is 5.97 Å². The number of carbonyl (C=O) groups is 1. The van der Waals surface area contributed by atoms with E-state index < -0.39 is 12.3 Å². The highest BCUT2D eigenvalue weighted by molar-refractivity contribution is 5.70. The lowest BCUT2D eigenvalue weighted by molar-refractivity contribution is -0.188. The van der Waals surface area contributed by atoms with Crippen LogP contribution in [-0.4, -0.2) is 30.6 Å². The first-order valence-corrected chi connectivity index (χ1v) is 8.58. The van der Waals surface area contributed by atoms with Gasteiger partial charge in [0, 0.05) is 13.0 Å². The lowest BCUT2D eigenvalue weighted by atomic mass is 10.1. The van der Waals surface area contributed by atoms with Gasteiger partial charge in [0.15, 0.2) is 0 Å². The van der Waals surface area contributed by atoms with Gasteiger partial charge in [0.05, 0.1) is 6.61 Å². The average Bonchev–Trinajstić information content (AvgIpc) is 2.50. The van der Waals surface area contributed by atoms with E-state index in [0.29, 0.717) is 13.2 Å². The molecule has 1 unspecified atom stereocenters. The standard InChI is InChI=1S/C18H32O4/c1-3-5-6-7-8-9-10-11-12-13-14-15-16-22-18(17(19)20)21-4-2/h18H,4,6-16H2,1-2H3,(H,19,20). The maximum Gasteiger partial charge on any atom is 0.361 e. The van der Waals surface area contributed by atoms with E-state index in [-0.39, 0.29) is 0 Å². The zero-order valence-electron chi connectivity index (χ0n) is 14.2. The Kier molecular flexibility index (Phi) is 15.5. The number of ether oxygens (including phenoxy) is 2. The molecule has 0 rings (SSSR count). The van der Waals surface area contributed by atoms with Crippen molar-refractivity contribution < 1.29 is 19.4 Å². The summed E-state index contributed by atoms with van der Waals surface area (Å²) in [6.07, 6.45) is 10.8. The van der Waals surface area contributed by atoms with Crippen molar-refractivity contribution in [2.75, 3.05) is 13.2 Å². The van der Waals surface area contributed by atoms with Gasteiger partial charge in [-0.2, -0.15) is 0 Å². The third kappa shape index (κ3) is 13.9. The van der Waals surface area contributed by atoms with Crippen LogP contribution in [0.3, 0.4) is 0 Å². The smallest absolute Gasteiger partial charge is 0.361 e. The van der Waals surface area contributed by atoms with Gasteiger partial charge in [-0.05, 0) is 26.7 Å². The highest BCUT2D eigenvalue weighted by Gasteiger charge is 2.17. The fourth-order valence-corrected chi connectivity index (χ4v) is 2.21. The molecular weight excluding hydrogens is 280 g/mol. The monoisotopic (exact) mass is 312 g/mol. The minimum atomic E-state index is -1.11. The topological polar surface area (TPSA) is 55.8 Å². The van der Waals surface area contributed by atoms with E-state index in [1.807, 2.05) is 6.92 Å². The molecule has 0 saturated heterocycles. The van der Waals surface area contributed by atoms with E-state index in [1.54, 1.807) is 6.92 Å². The number of unbranched alkanes of at least 4 members (excludes halogenated alkanes) is 9. The summed E-state index contributed by atoms with van der Waals surface area (Å²) in [7, 11) is 0. The molecule has 0 aliphatic rings. The van der Waals surface area contributed by atoms with Crippen molar-refractivity contribution in [1.82, 2.24) is 0 Å². The number of hydrogen-bond donors (Lipinski definition) is 1. The van der Waals surface area contributed by atoms with Crippen LogP contribution in [0.2, 0.25) is 0 Å². The van der Waals surface area contributed by atoms with E-state index in [0.717, 1.165) is 19.3 Å². The average molecular weight is 312 g/mol. The minimum Gasteiger partial charge on any atom is -0.477 e. The molecule has 128 valence electrons. The molecule has 0 aromatic heterocycles. The first-order chi connectivity index (χ1) is 10.7. The van der Waals surface area contributed by atoms with E-state index in [4.69, 9.17) is 14.6 Å². The van der Waals surface area contributed by atoms with Crippen LogP contribution < -0.4 is 0 Å². The van der Waals surface area contributed by atoms with E-state index in [1.165, 1.54) is 44.9 Å². The zero-order chi connectivity index (χ0) is 16.5. The molecule has 0 heterocycles. The Morgan fingerprint density at radius 1 is 0.955 bits per heavy atom. The fraction of sp³-hybridized carbons (Fsp3) is 0.833. The molecule has 4 nitrogen and oxygen atoms in total. The van der Waals surface area contributed by atoms with Gasteiger partial charge in [0.25, 0.3) is 6.29 Å². The van der Waals surface area contributed by atoms with Gasteiger partial charge >= 0.3 is 5.97 Å². The van der Waals surface area contributed by atoms with Crippen LogP contribution in [0.5, 0.6) is 0 Å². The van der Waals surface area contributed by atoms with Gasteiger partial charge in [0.1, 0.15) is 0 Å². The predicted molar refractivity (Wildman–Crippen MR) is 88.6 cm³/mol. The molecular formula is C18H32O4. The second kappa shape index (κ2) is 16.3. The van der Waals surface area contributed by atoms with Gasteiger partial charge in [-0.25, -0.2) is 4.79 Å². The van der Waals surface area contributed by atoms with Crippen LogP contribution in [0.15, 0.2) is 0 Å². The maximum atomic E-state index is 10.8. The second-order valence-electron chi connectivity index (χ2n) is 5.36. The third-order valence-electron chi connectivity index (χ3n) is 3.41. The van der Waals surface area contributed by atoms with Crippen molar-refractivity contribution in [2.24, 2.45) is 0 Å². The van der Waals surface area contributed by atoms with Crippen molar-refractivity contribution in [1.29, 1.82) is 0 Å². The van der Waals surface area contributed by atoms with Gasteiger partial charge in [0.2, 0.25) is 0 Å². The van der Waals surface area contributed by atoms with Crippen molar-refractivity contribution in [3.8, 4) is 11.8 Å². The first-order valence-electron chi connectivity index (χ1n) is 8.58. The molecule has 0 saturated carbocycles. The van der Waals surface area contributed by atoms with Crippen LogP contribution in [-0.2, 0) is 14.3 Å². The molecule has 4 heteroatoms. The third-order valence-corrected chi connectivity index (χ3v) is 3.41. The van der Waals surface area contributed by atoms with Gasteiger partial charge in [-0.15, -0.1) is 11.8 Å². The molecule has 0 fully saturated rings. The summed E-state index contributed by atoms with van der Waals surface area (Å²) in [6, 6.07) is 0. The SMILES string of the molecule is CC#CCCCCCCCCCCCOC(OCC)C(=O)O. The van der Waals surface area contributed by atoms with Crippen LogP contribution in [0.1, 0.15) is 78.1 Å². The number of carboxylic acids is 1. The molecule has 22 heavy (non-hydrogen) atoms. The lowest BCUT2D eigenvalue weighted by Crippen LogP contribution is -2.27. The van der Waals surface area contributed by atoms with Crippen molar-refractivity contribution in [3.05, 3.63) is 0 Å². The maximum absolute atomic E-state index is 10.8. The molecule has 0 aliphatic carbocycles. The lowest BCUT2D eigenvalue weighted by Gasteiger charge is -2.12. The summed E-state index contributed by atoms with van der Waals surface area (Å²) in [6.45, 7) is 4.46. The van der Waals surface area contributed by atoms with Crippen LogP contribution in [0.4, 0.5) is 0 Å². The highest BCUT2D eigenvalue weighted by Crippen LogP contribution is 2.10. The Balaban J connectivity index is 3.25. The van der Waals surface area contributed by atoms with Gasteiger partial charge in [-0.3, -0.25) is 0 Å². The summed E-state index contributed by atoms with van der Waals surface area (Å²) < 4.78 is 10.2. The summed E-state index contributed by atoms with van der Waals surface area (Å²) in [5, 5.41) is 8.84. The quantitative estimate of drug-likeness (QED) is 0.277. The summed E-state index contributed by atoms with van der Waals surface area (Å²) in [4.78, 5) is 10.8. The minimum absolute atomic E-state index is 0.349. The molecule has 0 spiro atoms. The Labute approximate surface area is 135 Å². The fourth-order valence-electron chi connectivity index (χ4n) is 2.21. The van der Waals surface area contributed by atoms with E-state index >= 15 is 0 Å². The van der Waals surface area contributed by atoms with Crippen molar-refractivity contribution in [2.45, 2.75) is 84.3 Å². The van der Waals surface area contributed by atoms with Crippen LogP contribution in [0, 0.1) is 11.8 Å². The summed E-state index contributed by atoms with van der Waals surface area (Å²) in [5.74, 6) is 4.97. The van der Waals surface area contributed by atoms with Crippen LogP contribution in [0.25, 0.3) is 0 Å². The van der Waals surface area contributed by atoms with Gasteiger partial charge < -0.3 is 14.6 Å². The summed E-state index contributed by atoms with van der Waals surface area (Å²) >= 11 is 0.